The second-order valence-electron chi connectivity index (χ2n) is 9.61. The molecule has 0 spiro atoms. The molecular weight excluding hydrogens is 486 g/mol. The van der Waals surface area contributed by atoms with Gasteiger partial charge in [0.15, 0.2) is 0 Å². The van der Waals surface area contributed by atoms with Crippen LogP contribution in [0.4, 0.5) is 0 Å². The number of carbonyl (C=O) groups is 1. The summed E-state index contributed by atoms with van der Waals surface area (Å²) in [7, 11) is -3.43. The Hall–Kier alpha value is -3.20. The SMILES string of the molecule is O=C(NCCOc1ccc(S(=O)(=O)N2CCCC2)cc1)c1ccc(CN2CCc3ccccc3C2)cc1. The molecule has 1 amide bonds. The maximum atomic E-state index is 12.6. The zero-order chi connectivity index (χ0) is 25.7. The van der Waals surface area contributed by atoms with E-state index in [1.807, 2.05) is 24.3 Å². The zero-order valence-corrected chi connectivity index (χ0v) is 21.8. The first-order valence-corrected chi connectivity index (χ1v) is 14.3. The lowest BCUT2D eigenvalue weighted by atomic mass is 9.99. The van der Waals surface area contributed by atoms with Gasteiger partial charge in [0.25, 0.3) is 5.91 Å². The maximum absolute atomic E-state index is 12.6. The molecule has 1 N–H and O–H groups in total. The summed E-state index contributed by atoms with van der Waals surface area (Å²) in [6.07, 6.45) is 2.88. The molecule has 3 aromatic rings. The van der Waals surface area contributed by atoms with Crippen molar-refractivity contribution in [3.8, 4) is 5.75 Å². The number of amides is 1. The molecule has 2 heterocycles. The molecule has 194 valence electrons. The summed E-state index contributed by atoms with van der Waals surface area (Å²) in [5.41, 5.74) is 4.64. The lowest BCUT2D eigenvalue weighted by Gasteiger charge is -2.28. The van der Waals surface area contributed by atoms with Crippen molar-refractivity contribution < 1.29 is 17.9 Å². The molecule has 0 bridgehead atoms. The number of ether oxygens (including phenoxy) is 1. The van der Waals surface area contributed by atoms with Gasteiger partial charge in [0, 0.05) is 38.3 Å². The van der Waals surface area contributed by atoms with Gasteiger partial charge in [-0.2, -0.15) is 4.31 Å². The lowest BCUT2D eigenvalue weighted by molar-refractivity contribution is 0.0947. The van der Waals surface area contributed by atoms with E-state index < -0.39 is 10.0 Å². The topological polar surface area (TPSA) is 78.9 Å². The molecule has 0 aromatic heterocycles. The van der Waals surface area contributed by atoms with Gasteiger partial charge >= 0.3 is 0 Å². The fraction of sp³-hybridized carbons (Fsp3) is 0.345. The van der Waals surface area contributed by atoms with Crippen molar-refractivity contribution in [2.24, 2.45) is 0 Å². The van der Waals surface area contributed by atoms with Gasteiger partial charge in [0.1, 0.15) is 12.4 Å². The minimum atomic E-state index is -3.43. The summed E-state index contributed by atoms with van der Waals surface area (Å²) in [6.45, 7) is 4.65. The molecule has 2 aliphatic rings. The number of fused-ring (bicyclic) bond motifs is 1. The highest BCUT2D eigenvalue weighted by Gasteiger charge is 2.27. The van der Waals surface area contributed by atoms with Crippen LogP contribution < -0.4 is 10.1 Å². The predicted octanol–water partition coefficient (Wildman–Crippen LogP) is 3.84. The minimum absolute atomic E-state index is 0.144. The molecule has 0 aliphatic carbocycles. The summed E-state index contributed by atoms with van der Waals surface area (Å²) >= 11 is 0. The van der Waals surface area contributed by atoms with Crippen LogP contribution in [0.25, 0.3) is 0 Å². The molecule has 3 aromatic carbocycles. The Bertz CT molecular complexity index is 1320. The summed E-state index contributed by atoms with van der Waals surface area (Å²) < 4.78 is 32.4. The van der Waals surface area contributed by atoms with Crippen LogP contribution in [0.15, 0.2) is 77.7 Å². The Labute approximate surface area is 219 Å². The Balaban J connectivity index is 1.05. The zero-order valence-electron chi connectivity index (χ0n) is 20.9. The highest BCUT2D eigenvalue weighted by atomic mass is 32.2. The number of nitrogens with one attached hydrogen (secondary N) is 1. The van der Waals surface area contributed by atoms with E-state index in [4.69, 9.17) is 4.74 Å². The standard InChI is InChI=1S/C29H33N3O4S/c33-29(25-9-7-23(8-10-25)21-31-19-15-24-5-1-2-6-26(24)22-31)30-16-20-36-27-11-13-28(14-12-27)37(34,35)32-17-3-4-18-32/h1-2,5-14H,3-4,15-22H2,(H,30,33). The molecule has 0 saturated carbocycles. The van der Waals surface area contributed by atoms with Crippen molar-refractivity contribution in [1.29, 1.82) is 0 Å². The molecule has 2 aliphatic heterocycles. The fourth-order valence-electron chi connectivity index (χ4n) is 4.93. The maximum Gasteiger partial charge on any atom is 0.251 e. The molecule has 1 fully saturated rings. The van der Waals surface area contributed by atoms with E-state index in [-0.39, 0.29) is 10.8 Å². The summed E-state index contributed by atoms with van der Waals surface area (Å²) in [6, 6.07) is 22.8. The molecule has 0 unspecified atom stereocenters. The van der Waals surface area contributed by atoms with E-state index in [2.05, 4.69) is 34.5 Å². The first-order valence-electron chi connectivity index (χ1n) is 12.9. The Morgan fingerprint density at radius 3 is 2.30 bits per heavy atom. The van der Waals surface area contributed by atoms with E-state index in [1.54, 1.807) is 24.3 Å². The first kappa shape index (κ1) is 25.4. The molecular formula is C29H33N3O4S. The summed E-state index contributed by atoms with van der Waals surface area (Å²) in [4.78, 5) is 15.2. The van der Waals surface area contributed by atoms with Crippen LogP contribution in [-0.2, 0) is 29.5 Å². The second-order valence-corrected chi connectivity index (χ2v) is 11.6. The van der Waals surface area contributed by atoms with E-state index in [9.17, 15) is 13.2 Å². The van der Waals surface area contributed by atoms with Crippen LogP contribution in [0.3, 0.4) is 0 Å². The van der Waals surface area contributed by atoms with Crippen molar-refractivity contribution in [2.45, 2.75) is 37.2 Å². The Kier molecular flexibility index (Phi) is 7.88. The van der Waals surface area contributed by atoms with Crippen LogP contribution in [-0.4, -0.2) is 56.3 Å². The summed E-state index contributed by atoms with van der Waals surface area (Å²) in [5, 5.41) is 2.88. The second kappa shape index (κ2) is 11.5. The van der Waals surface area contributed by atoms with Crippen molar-refractivity contribution >= 4 is 15.9 Å². The molecule has 0 radical (unpaired) electrons. The van der Waals surface area contributed by atoms with Gasteiger partial charge in [0.05, 0.1) is 11.4 Å². The number of sulfonamides is 1. The highest BCUT2D eigenvalue weighted by Crippen LogP contribution is 2.23. The smallest absolute Gasteiger partial charge is 0.251 e. The third kappa shape index (κ3) is 6.21. The highest BCUT2D eigenvalue weighted by molar-refractivity contribution is 7.89. The van der Waals surface area contributed by atoms with E-state index in [0.717, 1.165) is 38.9 Å². The van der Waals surface area contributed by atoms with Gasteiger partial charge in [-0.25, -0.2) is 8.42 Å². The van der Waals surface area contributed by atoms with Gasteiger partial charge in [0.2, 0.25) is 10.0 Å². The molecule has 5 rings (SSSR count). The third-order valence-corrected chi connectivity index (χ3v) is 8.93. The molecule has 37 heavy (non-hydrogen) atoms. The Morgan fingerprint density at radius 2 is 1.57 bits per heavy atom. The minimum Gasteiger partial charge on any atom is -0.492 e. The number of hydrogen-bond acceptors (Lipinski definition) is 5. The molecule has 1 saturated heterocycles. The van der Waals surface area contributed by atoms with Crippen LogP contribution in [0.1, 0.15) is 39.9 Å². The lowest BCUT2D eigenvalue weighted by Crippen LogP contribution is -2.30. The molecule has 7 nitrogen and oxygen atoms in total. The summed E-state index contributed by atoms with van der Waals surface area (Å²) in [5.74, 6) is 0.424. The van der Waals surface area contributed by atoms with Crippen molar-refractivity contribution in [1.82, 2.24) is 14.5 Å². The number of nitrogens with zero attached hydrogens (tertiary/aromatic N) is 2. The van der Waals surface area contributed by atoms with E-state index >= 15 is 0 Å². The van der Waals surface area contributed by atoms with Crippen molar-refractivity contribution in [3.05, 3.63) is 95.1 Å². The quantitative estimate of drug-likeness (QED) is 0.435. The average molecular weight is 520 g/mol. The van der Waals surface area contributed by atoms with Crippen LogP contribution in [0.5, 0.6) is 5.75 Å². The monoisotopic (exact) mass is 519 g/mol. The van der Waals surface area contributed by atoms with Crippen LogP contribution >= 0.6 is 0 Å². The Morgan fingerprint density at radius 1 is 0.865 bits per heavy atom. The van der Waals surface area contributed by atoms with Crippen molar-refractivity contribution in [3.63, 3.8) is 0 Å². The van der Waals surface area contributed by atoms with Crippen LogP contribution in [0.2, 0.25) is 0 Å². The largest absolute Gasteiger partial charge is 0.492 e. The van der Waals surface area contributed by atoms with Gasteiger partial charge in [-0.05, 0) is 72.4 Å². The molecule has 8 heteroatoms. The number of benzene rings is 3. The predicted molar refractivity (Wildman–Crippen MR) is 143 cm³/mol. The van der Waals surface area contributed by atoms with Crippen LogP contribution in [0, 0.1) is 0 Å². The van der Waals surface area contributed by atoms with E-state index in [1.165, 1.54) is 21.0 Å². The number of hydrogen-bond donors (Lipinski definition) is 1. The number of carbonyl (C=O) groups excluding carboxylic acids is 1. The van der Waals surface area contributed by atoms with E-state index in [0.29, 0.717) is 37.6 Å². The van der Waals surface area contributed by atoms with Gasteiger partial charge < -0.3 is 10.1 Å². The fourth-order valence-corrected chi connectivity index (χ4v) is 6.45. The first-order chi connectivity index (χ1) is 18.0. The number of rotatable bonds is 9. The normalized spacial score (nSPS) is 16.3. The average Bonchev–Trinajstić information content (AvgIpc) is 3.48. The van der Waals surface area contributed by atoms with Gasteiger partial charge in [-0.1, -0.05) is 36.4 Å². The van der Waals surface area contributed by atoms with Gasteiger partial charge in [-0.3, -0.25) is 9.69 Å². The molecule has 0 atom stereocenters. The van der Waals surface area contributed by atoms with Crippen molar-refractivity contribution in [2.75, 3.05) is 32.8 Å². The van der Waals surface area contributed by atoms with Gasteiger partial charge in [-0.15, -0.1) is 0 Å². The third-order valence-electron chi connectivity index (χ3n) is 7.01.